The summed E-state index contributed by atoms with van der Waals surface area (Å²) in [5.74, 6) is 0.254. The lowest BCUT2D eigenvalue weighted by Gasteiger charge is -2.14. The summed E-state index contributed by atoms with van der Waals surface area (Å²) >= 11 is 0. The highest BCUT2D eigenvalue weighted by molar-refractivity contribution is 5.66. The maximum absolute atomic E-state index is 10.3. The van der Waals surface area contributed by atoms with Gasteiger partial charge in [-0.15, -0.1) is 0 Å². The minimum Gasteiger partial charge on any atom is -0.481 e. The predicted octanol–water partition coefficient (Wildman–Crippen LogP) is 4.63. The van der Waals surface area contributed by atoms with Gasteiger partial charge in [-0.25, -0.2) is 0 Å². The second-order valence-corrected chi connectivity index (χ2v) is 4.79. The lowest BCUT2D eigenvalue weighted by molar-refractivity contribution is -0.137. The van der Waals surface area contributed by atoms with Gasteiger partial charge in [0, 0.05) is 6.42 Å². The Kier molecular flexibility index (Phi) is 10.6. The standard InChI is InChI=1S/C14H28O2/c1-3-9-13(10-4-2)11-7-5-6-8-12-14(15)16/h13H,3-12H2,1-2H3,(H,15,16). The van der Waals surface area contributed by atoms with Gasteiger partial charge in [-0.05, 0) is 12.3 Å². The van der Waals surface area contributed by atoms with Crippen LogP contribution in [0.5, 0.6) is 0 Å². The van der Waals surface area contributed by atoms with E-state index in [2.05, 4.69) is 13.8 Å². The molecule has 0 heterocycles. The first-order chi connectivity index (χ1) is 7.70. The molecule has 0 saturated heterocycles. The van der Waals surface area contributed by atoms with Gasteiger partial charge in [-0.2, -0.15) is 0 Å². The van der Waals surface area contributed by atoms with Crippen LogP contribution >= 0.6 is 0 Å². The second-order valence-electron chi connectivity index (χ2n) is 4.79. The molecule has 0 aliphatic carbocycles. The Morgan fingerprint density at radius 1 is 0.938 bits per heavy atom. The lowest BCUT2D eigenvalue weighted by Crippen LogP contribution is -2.00. The van der Waals surface area contributed by atoms with Gasteiger partial charge in [0.05, 0.1) is 0 Å². The maximum atomic E-state index is 10.3. The molecule has 2 nitrogen and oxygen atoms in total. The highest BCUT2D eigenvalue weighted by Crippen LogP contribution is 2.21. The number of carboxylic acids is 1. The van der Waals surface area contributed by atoms with Crippen LogP contribution in [0, 0.1) is 5.92 Å². The van der Waals surface area contributed by atoms with Crippen LogP contribution in [0.25, 0.3) is 0 Å². The van der Waals surface area contributed by atoms with Crippen molar-refractivity contribution in [2.24, 2.45) is 5.92 Å². The Balaban J connectivity index is 3.35. The molecule has 1 N–H and O–H groups in total. The van der Waals surface area contributed by atoms with Crippen LogP contribution in [0.1, 0.15) is 78.1 Å². The Labute approximate surface area is 100 Å². The smallest absolute Gasteiger partial charge is 0.303 e. The van der Waals surface area contributed by atoms with Crippen LogP contribution < -0.4 is 0 Å². The van der Waals surface area contributed by atoms with Gasteiger partial charge in [0.25, 0.3) is 0 Å². The Morgan fingerprint density at radius 3 is 2.00 bits per heavy atom. The SMILES string of the molecule is CCCC(CCC)CCCCCCC(=O)O. The van der Waals surface area contributed by atoms with E-state index in [-0.39, 0.29) is 0 Å². The number of aliphatic carboxylic acids is 1. The molecular weight excluding hydrogens is 200 g/mol. The maximum Gasteiger partial charge on any atom is 0.303 e. The van der Waals surface area contributed by atoms with E-state index in [0.29, 0.717) is 6.42 Å². The van der Waals surface area contributed by atoms with Crippen molar-refractivity contribution in [1.82, 2.24) is 0 Å². The van der Waals surface area contributed by atoms with E-state index in [4.69, 9.17) is 5.11 Å². The summed E-state index contributed by atoms with van der Waals surface area (Å²) in [5.41, 5.74) is 0. The number of hydrogen-bond acceptors (Lipinski definition) is 1. The van der Waals surface area contributed by atoms with Gasteiger partial charge in [0.15, 0.2) is 0 Å². The van der Waals surface area contributed by atoms with Gasteiger partial charge >= 0.3 is 5.97 Å². The zero-order chi connectivity index (χ0) is 12.2. The van der Waals surface area contributed by atoms with E-state index in [0.717, 1.165) is 18.8 Å². The fourth-order valence-corrected chi connectivity index (χ4v) is 2.31. The normalized spacial score (nSPS) is 10.9. The quantitative estimate of drug-likeness (QED) is 0.523. The number of rotatable bonds is 11. The molecule has 16 heavy (non-hydrogen) atoms. The van der Waals surface area contributed by atoms with Crippen LogP contribution in [0.4, 0.5) is 0 Å². The first kappa shape index (κ1) is 15.5. The van der Waals surface area contributed by atoms with E-state index in [1.807, 2.05) is 0 Å². The summed E-state index contributed by atoms with van der Waals surface area (Å²) in [6.45, 7) is 4.52. The van der Waals surface area contributed by atoms with Gasteiger partial charge < -0.3 is 5.11 Å². The largest absolute Gasteiger partial charge is 0.481 e. The third-order valence-corrected chi connectivity index (χ3v) is 3.15. The first-order valence-electron chi connectivity index (χ1n) is 6.92. The molecule has 96 valence electrons. The first-order valence-corrected chi connectivity index (χ1v) is 6.92. The molecular formula is C14H28O2. The van der Waals surface area contributed by atoms with Crippen LogP contribution in [0.3, 0.4) is 0 Å². The number of hydrogen-bond donors (Lipinski definition) is 1. The Hall–Kier alpha value is -0.530. The zero-order valence-corrected chi connectivity index (χ0v) is 11.0. The molecule has 0 rings (SSSR count). The van der Waals surface area contributed by atoms with Crippen LogP contribution in [0.15, 0.2) is 0 Å². The number of carboxylic acid groups (broad SMARTS) is 1. The van der Waals surface area contributed by atoms with Crippen molar-refractivity contribution in [3.63, 3.8) is 0 Å². The molecule has 0 unspecified atom stereocenters. The van der Waals surface area contributed by atoms with Crippen molar-refractivity contribution >= 4 is 5.97 Å². The lowest BCUT2D eigenvalue weighted by atomic mass is 9.92. The number of unbranched alkanes of at least 4 members (excludes halogenated alkanes) is 3. The van der Waals surface area contributed by atoms with Gasteiger partial charge in [0.1, 0.15) is 0 Å². The van der Waals surface area contributed by atoms with Crippen LogP contribution in [0.2, 0.25) is 0 Å². The monoisotopic (exact) mass is 228 g/mol. The molecule has 0 aromatic rings. The van der Waals surface area contributed by atoms with E-state index >= 15 is 0 Å². The molecule has 0 radical (unpaired) electrons. The average Bonchev–Trinajstić information content (AvgIpc) is 2.23. The molecule has 0 aliphatic rings. The minimum absolute atomic E-state index is 0.341. The second kappa shape index (κ2) is 11.0. The molecule has 0 aromatic carbocycles. The zero-order valence-electron chi connectivity index (χ0n) is 11.0. The fraction of sp³-hybridized carbons (Fsp3) is 0.929. The minimum atomic E-state index is -0.658. The molecule has 0 saturated carbocycles. The highest BCUT2D eigenvalue weighted by atomic mass is 16.4. The topological polar surface area (TPSA) is 37.3 Å². The van der Waals surface area contributed by atoms with Gasteiger partial charge in [0.2, 0.25) is 0 Å². The van der Waals surface area contributed by atoms with Crippen LogP contribution in [-0.4, -0.2) is 11.1 Å². The van der Waals surface area contributed by atoms with E-state index < -0.39 is 5.97 Å². The van der Waals surface area contributed by atoms with Crippen molar-refractivity contribution in [2.75, 3.05) is 0 Å². The Bertz CT molecular complexity index is 160. The molecule has 0 amide bonds. The van der Waals surface area contributed by atoms with Crippen molar-refractivity contribution in [3.8, 4) is 0 Å². The Morgan fingerprint density at radius 2 is 1.50 bits per heavy atom. The highest BCUT2D eigenvalue weighted by Gasteiger charge is 2.06. The molecule has 2 heteroatoms. The van der Waals surface area contributed by atoms with Gasteiger partial charge in [-0.1, -0.05) is 65.2 Å². The van der Waals surface area contributed by atoms with E-state index in [9.17, 15) is 4.79 Å². The average molecular weight is 228 g/mol. The summed E-state index contributed by atoms with van der Waals surface area (Å²) in [7, 11) is 0. The molecule has 0 atom stereocenters. The third kappa shape index (κ3) is 10.0. The van der Waals surface area contributed by atoms with Crippen molar-refractivity contribution < 1.29 is 9.90 Å². The molecule has 0 aromatic heterocycles. The van der Waals surface area contributed by atoms with Crippen molar-refractivity contribution in [1.29, 1.82) is 0 Å². The van der Waals surface area contributed by atoms with Crippen molar-refractivity contribution in [3.05, 3.63) is 0 Å². The summed E-state index contributed by atoms with van der Waals surface area (Å²) in [6, 6.07) is 0. The van der Waals surface area contributed by atoms with E-state index in [1.165, 1.54) is 44.9 Å². The summed E-state index contributed by atoms with van der Waals surface area (Å²) < 4.78 is 0. The summed E-state index contributed by atoms with van der Waals surface area (Å²) in [5, 5.41) is 8.50. The summed E-state index contributed by atoms with van der Waals surface area (Å²) in [6.07, 6.45) is 11.4. The van der Waals surface area contributed by atoms with E-state index in [1.54, 1.807) is 0 Å². The van der Waals surface area contributed by atoms with Gasteiger partial charge in [-0.3, -0.25) is 4.79 Å². The fourth-order valence-electron chi connectivity index (χ4n) is 2.31. The number of carbonyl (C=O) groups is 1. The molecule has 0 spiro atoms. The molecule has 0 bridgehead atoms. The summed E-state index contributed by atoms with van der Waals surface area (Å²) in [4.78, 5) is 10.3. The predicted molar refractivity (Wildman–Crippen MR) is 68.6 cm³/mol. The third-order valence-electron chi connectivity index (χ3n) is 3.15. The van der Waals surface area contributed by atoms with Crippen LogP contribution in [-0.2, 0) is 4.79 Å². The van der Waals surface area contributed by atoms with Crippen molar-refractivity contribution in [2.45, 2.75) is 78.1 Å². The molecule has 0 aliphatic heterocycles. The molecule has 0 fully saturated rings.